The summed E-state index contributed by atoms with van der Waals surface area (Å²) in [5, 5.41) is 1.16. The fourth-order valence-corrected chi connectivity index (χ4v) is 6.58. The minimum Gasteiger partial charge on any atom is -0.493 e. The average molecular weight is 509 g/mol. The summed E-state index contributed by atoms with van der Waals surface area (Å²) in [6.45, 7) is 1.44. The Kier molecular flexibility index (Phi) is 6.73. The van der Waals surface area contributed by atoms with Gasteiger partial charge in [0.2, 0.25) is 10.0 Å². The highest BCUT2D eigenvalue weighted by Crippen LogP contribution is 2.37. The van der Waals surface area contributed by atoms with E-state index in [0.29, 0.717) is 31.1 Å². The van der Waals surface area contributed by atoms with E-state index in [1.807, 2.05) is 18.2 Å². The fourth-order valence-electron chi connectivity index (χ4n) is 5.10. The number of hydrogen-bond donors (Lipinski definition) is 0. The average Bonchev–Trinajstić information content (AvgIpc) is 3.26. The maximum Gasteiger partial charge on any atom is 0.243 e. The van der Waals surface area contributed by atoms with Crippen molar-refractivity contribution in [3.05, 3.63) is 89.9 Å². The van der Waals surface area contributed by atoms with E-state index in [1.54, 1.807) is 28.6 Å². The number of para-hydroxylation sites is 1. The molecule has 1 fully saturated rings. The lowest BCUT2D eigenvalue weighted by molar-refractivity contribution is 0.319. The summed E-state index contributed by atoms with van der Waals surface area (Å²) in [6, 6.07) is 19.6. The molecule has 0 aliphatic carbocycles. The topological polar surface area (TPSA) is 60.8 Å². The summed E-state index contributed by atoms with van der Waals surface area (Å²) < 4.78 is 54.7. The Labute approximate surface area is 210 Å². The molecule has 1 aliphatic heterocycles. The number of fused-ring (bicyclic) bond motifs is 1. The van der Waals surface area contributed by atoms with Gasteiger partial charge in [0, 0.05) is 42.8 Å². The van der Waals surface area contributed by atoms with E-state index < -0.39 is 10.0 Å². The van der Waals surface area contributed by atoms with Crippen LogP contribution in [0.4, 0.5) is 4.39 Å². The normalized spacial score (nSPS) is 15.3. The first-order valence-electron chi connectivity index (χ1n) is 11.9. The van der Waals surface area contributed by atoms with Gasteiger partial charge in [0.1, 0.15) is 5.82 Å². The number of methoxy groups -OCH3 is 2. The van der Waals surface area contributed by atoms with Gasteiger partial charge in [0.15, 0.2) is 11.5 Å². The van der Waals surface area contributed by atoms with E-state index in [4.69, 9.17) is 9.47 Å². The molecule has 188 valence electrons. The molecule has 0 amide bonds. The lowest BCUT2D eigenvalue weighted by atomic mass is 9.90. The minimum absolute atomic E-state index is 0.199. The maximum absolute atomic E-state index is 13.7. The molecule has 6 nitrogen and oxygen atoms in total. The number of ether oxygens (including phenoxy) is 2. The monoisotopic (exact) mass is 508 g/mol. The zero-order valence-corrected chi connectivity index (χ0v) is 21.2. The van der Waals surface area contributed by atoms with Crippen LogP contribution in [0.3, 0.4) is 0 Å². The number of rotatable bonds is 7. The van der Waals surface area contributed by atoms with Crippen LogP contribution in [0.1, 0.15) is 29.9 Å². The van der Waals surface area contributed by atoms with E-state index >= 15 is 0 Å². The number of piperidine rings is 1. The van der Waals surface area contributed by atoms with Gasteiger partial charge < -0.3 is 14.0 Å². The van der Waals surface area contributed by atoms with Crippen molar-refractivity contribution in [2.24, 2.45) is 0 Å². The summed E-state index contributed by atoms with van der Waals surface area (Å²) in [4.78, 5) is 0.199. The number of sulfonamides is 1. The first kappa shape index (κ1) is 24.3. The Bertz CT molecular complexity index is 1490. The van der Waals surface area contributed by atoms with Crippen molar-refractivity contribution in [1.29, 1.82) is 0 Å². The van der Waals surface area contributed by atoms with Gasteiger partial charge in [-0.15, -0.1) is 0 Å². The smallest absolute Gasteiger partial charge is 0.243 e. The van der Waals surface area contributed by atoms with E-state index in [-0.39, 0.29) is 16.6 Å². The summed E-state index contributed by atoms with van der Waals surface area (Å²) in [5.74, 6) is 0.872. The predicted molar refractivity (Wildman–Crippen MR) is 138 cm³/mol. The standard InChI is InChI=1S/C28H29FN2O4S/c1-34-27-11-10-23(17-28(27)35-2)36(32,33)31-14-12-21(13-15-31)25-19-30(26-9-4-3-8-24(25)26)18-20-6-5-7-22(29)16-20/h3-11,16-17,19,21H,12-15,18H2,1-2H3. The van der Waals surface area contributed by atoms with Gasteiger partial charge in [-0.2, -0.15) is 4.31 Å². The molecule has 2 heterocycles. The van der Waals surface area contributed by atoms with E-state index in [2.05, 4.69) is 22.9 Å². The molecule has 0 spiro atoms. The van der Waals surface area contributed by atoms with Crippen LogP contribution < -0.4 is 9.47 Å². The Hall–Kier alpha value is -3.36. The van der Waals surface area contributed by atoms with E-state index in [9.17, 15) is 12.8 Å². The quantitative estimate of drug-likeness (QED) is 0.335. The molecule has 1 saturated heterocycles. The van der Waals surface area contributed by atoms with Crippen LogP contribution in [0.25, 0.3) is 10.9 Å². The third-order valence-electron chi connectivity index (χ3n) is 6.95. The van der Waals surface area contributed by atoms with Crippen molar-refractivity contribution >= 4 is 20.9 Å². The summed E-state index contributed by atoms with van der Waals surface area (Å²) >= 11 is 0. The highest BCUT2D eigenvalue weighted by atomic mass is 32.2. The van der Waals surface area contributed by atoms with Crippen LogP contribution in [0, 0.1) is 5.82 Å². The van der Waals surface area contributed by atoms with Crippen LogP contribution >= 0.6 is 0 Å². The van der Waals surface area contributed by atoms with Crippen molar-refractivity contribution in [2.75, 3.05) is 27.3 Å². The Morgan fingerprint density at radius 1 is 0.917 bits per heavy atom. The Morgan fingerprint density at radius 2 is 1.67 bits per heavy atom. The molecule has 5 rings (SSSR count). The lowest BCUT2D eigenvalue weighted by Gasteiger charge is -2.31. The van der Waals surface area contributed by atoms with Crippen LogP contribution in [0.5, 0.6) is 11.5 Å². The second-order valence-electron chi connectivity index (χ2n) is 9.05. The SMILES string of the molecule is COc1ccc(S(=O)(=O)N2CCC(c3cn(Cc4cccc(F)c4)c4ccccc34)CC2)cc1OC. The third kappa shape index (κ3) is 4.58. The molecular weight excluding hydrogens is 479 g/mol. The van der Waals surface area contributed by atoms with Crippen molar-refractivity contribution in [3.8, 4) is 11.5 Å². The number of hydrogen-bond acceptors (Lipinski definition) is 4. The van der Waals surface area contributed by atoms with Gasteiger partial charge >= 0.3 is 0 Å². The van der Waals surface area contributed by atoms with E-state index in [0.717, 1.165) is 29.3 Å². The molecule has 4 aromatic rings. The van der Waals surface area contributed by atoms with Gasteiger partial charge in [-0.3, -0.25) is 0 Å². The number of benzene rings is 3. The van der Waals surface area contributed by atoms with Crippen molar-refractivity contribution in [3.63, 3.8) is 0 Å². The highest BCUT2D eigenvalue weighted by molar-refractivity contribution is 7.89. The van der Waals surface area contributed by atoms with Crippen molar-refractivity contribution in [2.45, 2.75) is 30.2 Å². The minimum atomic E-state index is -3.65. The number of nitrogens with zero attached hydrogens (tertiary/aromatic N) is 2. The summed E-state index contributed by atoms with van der Waals surface area (Å²) in [5.41, 5.74) is 3.21. The van der Waals surface area contributed by atoms with Gasteiger partial charge in [-0.05, 0) is 60.2 Å². The van der Waals surface area contributed by atoms with Crippen molar-refractivity contribution in [1.82, 2.24) is 8.87 Å². The largest absolute Gasteiger partial charge is 0.493 e. The first-order valence-corrected chi connectivity index (χ1v) is 13.4. The molecule has 0 atom stereocenters. The Morgan fingerprint density at radius 3 is 2.39 bits per heavy atom. The van der Waals surface area contributed by atoms with Gasteiger partial charge in [0.05, 0.1) is 19.1 Å². The number of halogens is 1. The molecule has 1 aliphatic rings. The molecule has 3 aromatic carbocycles. The molecular formula is C28H29FN2O4S. The second-order valence-corrected chi connectivity index (χ2v) is 11.0. The van der Waals surface area contributed by atoms with Crippen molar-refractivity contribution < 1.29 is 22.3 Å². The maximum atomic E-state index is 13.7. The summed E-state index contributed by atoms with van der Waals surface area (Å²) in [6.07, 6.45) is 3.60. The van der Waals surface area contributed by atoms with Gasteiger partial charge in [-0.25, -0.2) is 12.8 Å². The lowest BCUT2D eigenvalue weighted by Crippen LogP contribution is -2.37. The first-order chi connectivity index (χ1) is 17.4. The predicted octanol–water partition coefficient (Wildman–Crippen LogP) is 5.41. The molecule has 0 bridgehead atoms. The molecule has 8 heteroatoms. The third-order valence-corrected chi connectivity index (χ3v) is 8.84. The fraction of sp³-hybridized carbons (Fsp3) is 0.286. The van der Waals surface area contributed by atoms with Crippen LogP contribution in [-0.4, -0.2) is 44.6 Å². The Balaban J connectivity index is 1.37. The molecule has 0 unspecified atom stereocenters. The molecule has 0 saturated carbocycles. The molecule has 0 radical (unpaired) electrons. The summed E-state index contributed by atoms with van der Waals surface area (Å²) in [7, 11) is -0.640. The number of aromatic nitrogens is 1. The van der Waals surface area contributed by atoms with Crippen LogP contribution in [-0.2, 0) is 16.6 Å². The second kappa shape index (κ2) is 9.95. The van der Waals surface area contributed by atoms with Gasteiger partial charge in [-0.1, -0.05) is 30.3 Å². The zero-order valence-electron chi connectivity index (χ0n) is 20.4. The highest BCUT2D eigenvalue weighted by Gasteiger charge is 2.31. The molecule has 1 aromatic heterocycles. The van der Waals surface area contributed by atoms with E-state index in [1.165, 1.54) is 31.9 Å². The van der Waals surface area contributed by atoms with Gasteiger partial charge in [0.25, 0.3) is 0 Å². The zero-order chi connectivity index (χ0) is 25.3. The van der Waals surface area contributed by atoms with Crippen LogP contribution in [0.2, 0.25) is 0 Å². The van der Waals surface area contributed by atoms with Crippen LogP contribution in [0.15, 0.2) is 77.8 Å². The molecule has 0 N–H and O–H groups in total. The molecule has 36 heavy (non-hydrogen) atoms.